The van der Waals surface area contributed by atoms with E-state index in [0.29, 0.717) is 12.0 Å². The van der Waals surface area contributed by atoms with Crippen LogP contribution in [0.25, 0.3) is 0 Å². The zero-order valence-electron chi connectivity index (χ0n) is 9.99. The van der Waals surface area contributed by atoms with Gasteiger partial charge in [0.2, 0.25) is 0 Å². The molecular weight excluding hydrogens is 200 g/mol. The number of rotatable bonds is 4. The zero-order valence-corrected chi connectivity index (χ0v) is 9.99. The second-order valence-electron chi connectivity index (χ2n) is 4.79. The van der Waals surface area contributed by atoms with E-state index in [1.54, 1.807) is 6.26 Å². The van der Waals surface area contributed by atoms with E-state index < -0.39 is 0 Å². The normalized spacial score (nSPS) is 27.9. The van der Waals surface area contributed by atoms with Gasteiger partial charge in [-0.2, -0.15) is 0 Å². The maximum atomic E-state index is 5.82. The molecule has 3 N–H and O–H groups in total. The van der Waals surface area contributed by atoms with Crippen molar-refractivity contribution in [3.8, 4) is 0 Å². The van der Waals surface area contributed by atoms with E-state index in [-0.39, 0.29) is 6.04 Å². The monoisotopic (exact) mass is 222 g/mol. The summed E-state index contributed by atoms with van der Waals surface area (Å²) in [5.74, 6) is 1.65. The molecule has 3 heteroatoms. The van der Waals surface area contributed by atoms with Gasteiger partial charge in [-0.05, 0) is 44.4 Å². The SMILES string of the molecule is C[C@@H](NC1CCCCC1CN)c1ccco1. The van der Waals surface area contributed by atoms with Crippen LogP contribution in [0.2, 0.25) is 0 Å². The third kappa shape index (κ3) is 2.66. The van der Waals surface area contributed by atoms with Crippen LogP contribution in [-0.2, 0) is 0 Å². The molecule has 0 saturated heterocycles. The Morgan fingerprint density at radius 2 is 2.31 bits per heavy atom. The molecule has 1 heterocycles. The molecule has 16 heavy (non-hydrogen) atoms. The Bertz CT molecular complexity index is 297. The highest BCUT2D eigenvalue weighted by Crippen LogP contribution is 2.26. The lowest BCUT2D eigenvalue weighted by molar-refractivity contribution is 0.243. The second kappa shape index (κ2) is 5.51. The fourth-order valence-electron chi connectivity index (χ4n) is 2.65. The van der Waals surface area contributed by atoms with Crippen LogP contribution >= 0.6 is 0 Å². The van der Waals surface area contributed by atoms with Gasteiger partial charge in [0.1, 0.15) is 5.76 Å². The van der Waals surface area contributed by atoms with Crippen molar-refractivity contribution in [2.24, 2.45) is 11.7 Å². The summed E-state index contributed by atoms with van der Waals surface area (Å²) >= 11 is 0. The molecule has 3 atom stereocenters. The topological polar surface area (TPSA) is 51.2 Å². The molecule has 2 unspecified atom stereocenters. The van der Waals surface area contributed by atoms with Crippen LogP contribution in [0.4, 0.5) is 0 Å². The summed E-state index contributed by atoms with van der Waals surface area (Å²) in [5, 5.41) is 3.65. The van der Waals surface area contributed by atoms with Crippen LogP contribution in [0.15, 0.2) is 22.8 Å². The van der Waals surface area contributed by atoms with E-state index in [2.05, 4.69) is 12.2 Å². The molecule has 0 radical (unpaired) electrons. The van der Waals surface area contributed by atoms with Crippen molar-refractivity contribution >= 4 is 0 Å². The fourth-order valence-corrected chi connectivity index (χ4v) is 2.65. The first-order valence-electron chi connectivity index (χ1n) is 6.30. The van der Waals surface area contributed by atoms with Gasteiger partial charge in [-0.25, -0.2) is 0 Å². The first kappa shape index (κ1) is 11.7. The lowest BCUT2D eigenvalue weighted by Gasteiger charge is -2.33. The van der Waals surface area contributed by atoms with Gasteiger partial charge in [0.05, 0.1) is 12.3 Å². The van der Waals surface area contributed by atoms with Crippen LogP contribution in [0, 0.1) is 5.92 Å². The third-order valence-corrected chi connectivity index (χ3v) is 3.65. The molecule has 1 fully saturated rings. The standard InChI is InChI=1S/C13H22N2O/c1-10(13-7-4-8-16-13)15-12-6-3-2-5-11(12)9-14/h4,7-8,10-12,15H,2-3,5-6,9,14H2,1H3/t10-,11?,12?/m1/s1. The first-order chi connectivity index (χ1) is 7.81. The Balaban J connectivity index is 1.92. The lowest BCUT2D eigenvalue weighted by atomic mass is 9.84. The Hall–Kier alpha value is -0.800. The van der Waals surface area contributed by atoms with Crippen LogP contribution in [0.1, 0.15) is 44.4 Å². The minimum Gasteiger partial charge on any atom is -0.468 e. The summed E-state index contributed by atoms with van der Waals surface area (Å²) in [7, 11) is 0. The molecule has 1 aliphatic rings. The summed E-state index contributed by atoms with van der Waals surface area (Å²) in [6.07, 6.45) is 6.88. The van der Waals surface area contributed by atoms with E-state index in [4.69, 9.17) is 10.2 Å². The highest BCUT2D eigenvalue weighted by molar-refractivity contribution is 5.03. The number of hydrogen-bond acceptors (Lipinski definition) is 3. The smallest absolute Gasteiger partial charge is 0.120 e. The molecule has 0 bridgehead atoms. The van der Waals surface area contributed by atoms with E-state index in [1.807, 2.05) is 12.1 Å². The van der Waals surface area contributed by atoms with E-state index in [9.17, 15) is 0 Å². The summed E-state index contributed by atoms with van der Waals surface area (Å²) in [4.78, 5) is 0. The van der Waals surface area contributed by atoms with Crippen LogP contribution < -0.4 is 11.1 Å². The summed E-state index contributed by atoms with van der Waals surface area (Å²) < 4.78 is 5.41. The molecule has 90 valence electrons. The van der Waals surface area contributed by atoms with Crippen LogP contribution in [0.5, 0.6) is 0 Å². The molecule has 0 amide bonds. The van der Waals surface area contributed by atoms with Gasteiger partial charge in [0.25, 0.3) is 0 Å². The average Bonchev–Trinajstić information content (AvgIpc) is 2.83. The van der Waals surface area contributed by atoms with Crippen LogP contribution in [0.3, 0.4) is 0 Å². The van der Waals surface area contributed by atoms with Gasteiger partial charge in [-0.1, -0.05) is 12.8 Å². The molecule has 0 aromatic carbocycles. The van der Waals surface area contributed by atoms with Crippen molar-refractivity contribution in [1.29, 1.82) is 0 Å². The number of furan rings is 1. The second-order valence-corrected chi connectivity index (χ2v) is 4.79. The van der Waals surface area contributed by atoms with Crippen molar-refractivity contribution < 1.29 is 4.42 Å². The molecule has 2 rings (SSSR count). The Labute approximate surface area is 97.4 Å². The Morgan fingerprint density at radius 3 is 3.00 bits per heavy atom. The highest BCUT2D eigenvalue weighted by atomic mass is 16.3. The molecular formula is C13H22N2O. The van der Waals surface area contributed by atoms with Gasteiger partial charge < -0.3 is 15.5 Å². The maximum absolute atomic E-state index is 5.82. The van der Waals surface area contributed by atoms with E-state index in [0.717, 1.165) is 12.3 Å². The van der Waals surface area contributed by atoms with Crippen molar-refractivity contribution in [3.63, 3.8) is 0 Å². The molecule has 1 saturated carbocycles. The average molecular weight is 222 g/mol. The largest absolute Gasteiger partial charge is 0.468 e. The molecule has 0 aliphatic heterocycles. The molecule has 1 aliphatic carbocycles. The third-order valence-electron chi connectivity index (χ3n) is 3.65. The van der Waals surface area contributed by atoms with Gasteiger partial charge in [-0.3, -0.25) is 0 Å². The quantitative estimate of drug-likeness (QED) is 0.822. The molecule has 1 aromatic rings. The number of nitrogens with one attached hydrogen (secondary N) is 1. The predicted octanol–water partition coefficient (Wildman–Crippen LogP) is 2.45. The number of hydrogen-bond donors (Lipinski definition) is 2. The predicted molar refractivity (Wildman–Crippen MR) is 65.1 cm³/mol. The summed E-state index contributed by atoms with van der Waals surface area (Å²) in [5.41, 5.74) is 5.82. The Kier molecular flexibility index (Phi) is 4.02. The van der Waals surface area contributed by atoms with Gasteiger partial charge in [0.15, 0.2) is 0 Å². The van der Waals surface area contributed by atoms with E-state index in [1.165, 1.54) is 25.7 Å². The number of nitrogens with two attached hydrogens (primary N) is 1. The Morgan fingerprint density at radius 1 is 1.50 bits per heavy atom. The van der Waals surface area contributed by atoms with E-state index >= 15 is 0 Å². The summed E-state index contributed by atoms with van der Waals surface area (Å²) in [6, 6.07) is 4.80. The van der Waals surface area contributed by atoms with Gasteiger partial charge in [0, 0.05) is 6.04 Å². The molecule has 3 nitrogen and oxygen atoms in total. The van der Waals surface area contributed by atoms with Crippen molar-refractivity contribution in [3.05, 3.63) is 24.2 Å². The fraction of sp³-hybridized carbons (Fsp3) is 0.692. The molecule has 1 aromatic heterocycles. The zero-order chi connectivity index (χ0) is 11.4. The van der Waals surface area contributed by atoms with Crippen molar-refractivity contribution in [2.75, 3.05) is 6.54 Å². The lowest BCUT2D eigenvalue weighted by Crippen LogP contribution is -2.42. The molecule has 0 spiro atoms. The minimum atomic E-state index is 0.284. The van der Waals surface area contributed by atoms with Gasteiger partial charge >= 0.3 is 0 Å². The maximum Gasteiger partial charge on any atom is 0.120 e. The highest BCUT2D eigenvalue weighted by Gasteiger charge is 2.25. The summed E-state index contributed by atoms with van der Waals surface area (Å²) in [6.45, 7) is 2.95. The first-order valence-corrected chi connectivity index (χ1v) is 6.30. The van der Waals surface area contributed by atoms with Crippen molar-refractivity contribution in [1.82, 2.24) is 5.32 Å². The van der Waals surface area contributed by atoms with Crippen molar-refractivity contribution in [2.45, 2.75) is 44.7 Å². The van der Waals surface area contributed by atoms with Gasteiger partial charge in [-0.15, -0.1) is 0 Å². The van der Waals surface area contributed by atoms with Crippen LogP contribution in [-0.4, -0.2) is 12.6 Å². The minimum absolute atomic E-state index is 0.284.